The highest BCUT2D eigenvalue weighted by atomic mass is 127. The van der Waals surface area contributed by atoms with E-state index >= 15 is 0 Å². The summed E-state index contributed by atoms with van der Waals surface area (Å²) in [4.78, 5) is 8.72. The van der Waals surface area contributed by atoms with E-state index in [1.54, 1.807) is 35.0 Å². The molecule has 11 heteroatoms. The van der Waals surface area contributed by atoms with Crippen LogP contribution in [0.5, 0.6) is 0 Å². The topological polar surface area (TPSA) is 57.5 Å². The van der Waals surface area contributed by atoms with Crippen LogP contribution in [0.2, 0.25) is 0 Å². The van der Waals surface area contributed by atoms with Crippen molar-refractivity contribution in [2.45, 2.75) is 12.7 Å². The molecule has 6 nitrogen and oxygen atoms in total. The van der Waals surface area contributed by atoms with Crippen molar-refractivity contribution in [3.63, 3.8) is 0 Å². The third-order valence-electron chi connectivity index (χ3n) is 3.95. The third-order valence-corrected chi connectivity index (χ3v) is 4.75. The van der Waals surface area contributed by atoms with Gasteiger partial charge in [0.05, 0.1) is 23.8 Å². The van der Waals surface area contributed by atoms with Crippen LogP contribution in [0, 0.1) is 9.52 Å². The number of hydrogen-bond donors (Lipinski definition) is 2. The number of aromatic nitrogens is 3. The predicted octanol–water partition coefficient (Wildman–Crippen LogP) is 3.21. The average Bonchev–Trinajstić information content (AvgIpc) is 3.24. The first kappa shape index (κ1) is 18.0. The van der Waals surface area contributed by atoms with Gasteiger partial charge in [0, 0.05) is 12.6 Å². The molecule has 0 radical (unpaired) electrons. The van der Waals surface area contributed by atoms with Crippen LogP contribution in [0.4, 0.5) is 17.6 Å². The molecule has 4 rings (SSSR count). The lowest BCUT2D eigenvalue weighted by Gasteiger charge is -2.17. The molecule has 1 aliphatic heterocycles. The molecule has 0 unspecified atom stereocenters. The molecule has 27 heavy (non-hydrogen) atoms. The summed E-state index contributed by atoms with van der Waals surface area (Å²) in [5.74, 6) is -0.382. The largest absolute Gasteiger partial charge is 0.500 e. The minimum Gasteiger partial charge on any atom is -0.300 e. The van der Waals surface area contributed by atoms with Crippen LogP contribution in [-0.2, 0) is 6.42 Å². The van der Waals surface area contributed by atoms with Gasteiger partial charge in [-0.05, 0) is 34.2 Å². The van der Waals surface area contributed by atoms with Gasteiger partial charge in [0.15, 0.2) is 5.65 Å². The lowest BCUT2D eigenvalue weighted by molar-refractivity contribution is -0.243. The van der Waals surface area contributed by atoms with Gasteiger partial charge in [0.2, 0.25) is 0 Å². The van der Waals surface area contributed by atoms with Gasteiger partial charge in [0.25, 0.3) is 0 Å². The fraction of sp³-hybridized carbons (Fsp3) is 0.125. The molecule has 1 aliphatic rings. The summed E-state index contributed by atoms with van der Waals surface area (Å²) in [7, 11) is 0. The number of nitrogens with zero attached hydrogens (tertiary/aromatic N) is 4. The zero-order valence-corrected chi connectivity index (χ0v) is 15.6. The molecule has 0 saturated carbocycles. The molecular formula is C16H11F4IN6. The Morgan fingerprint density at radius 3 is 2.67 bits per heavy atom. The Balaban J connectivity index is 1.79. The number of rotatable bonds is 3. The van der Waals surface area contributed by atoms with Crippen molar-refractivity contribution in [1.82, 2.24) is 30.3 Å². The molecule has 1 aromatic carbocycles. The standard InChI is InChI=1S/C16H11F4IN6/c17-10-4-2-1-3-9(10)5-11-15-22-6-14(21)26(15)7-12(23-11)13-8-27(25-24-13)16(18,19)20/h1-4,6-8,24-25H,5H2. The number of fused-ring (bicyclic) bond motifs is 1. The first-order valence-corrected chi connectivity index (χ1v) is 8.76. The molecule has 2 N–H and O–H groups in total. The van der Waals surface area contributed by atoms with Crippen molar-refractivity contribution in [2.24, 2.45) is 0 Å². The second-order valence-electron chi connectivity index (χ2n) is 5.73. The molecule has 3 heterocycles. The molecule has 140 valence electrons. The van der Waals surface area contributed by atoms with Crippen molar-refractivity contribution in [3.8, 4) is 0 Å². The minimum absolute atomic E-state index is 0.0103. The monoisotopic (exact) mass is 490 g/mol. The summed E-state index contributed by atoms with van der Waals surface area (Å²) >= 11 is 2.06. The Kier molecular flexibility index (Phi) is 4.42. The Labute approximate surface area is 164 Å². The van der Waals surface area contributed by atoms with E-state index in [9.17, 15) is 17.6 Å². The molecule has 2 aromatic heterocycles. The number of imidazole rings is 1. The van der Waals surface area contributed by atoms with Gasteiger partial charge in [-0.2, -0.15) is 0 Å². The number of halogens is 5. The third kappa shape index (κ3) is 3.43. The van der Waals surface area contributed by atoms with Crippen LogP contribution >= 0.6 is 22.6 Å². The fourth-order valence-electron chi connectivity index (χ4n) is 2.67. The maximum Gasteiger partial charge on any atom is 0.500 e. The number of benzene rings is 1. The van der Waals surface area contributed by atoms with E-state index in [4.69, 9.17) is 0 Å². The van der Waals surface area contributed by atoms with Gasteiger partial charge < -0.3 is 0 Å². The molecule has 0 aliphatic carbocycles. The van der Waals surface area contributed by atoms with Crippen molar-refractivity contribution >= 4 is 33.9 Å². The van der Waals surface area contributed by atoms with E-state index in [-0.39, 0.29) is 28.6 Å². The van der Waals surface area contributed by atoms with Crippen LogP contribution < -0.4 is 11.0 Å². The Morgan fingerprint density at radius 2 is 1.96 bits per heavy atom. The highest BCUT2D eigenvalue weighted by Crippen LogP contribution is 2.26. The normalized spacial score (nSPS) is 14.6. The lowest BCUT2D eigenvalue weighted by atomic mass is 10.1. The maximum absolute atomic E-state index is 14.0. The van der Waals surface area contributed by atoms with Gasteiger partial charge in [-0.3, -0.25) is 9.83 Å². The van der Waals surface area contributed by atoms with Gasteiger partial charge in [-0.25, -0.2) is 19.4 Å². The Morgan fingerprint density at radius 1 is 1.19 bits per heavy atom. The molecule has 0 saturated heterocycles. The van der Waals surface area contributed by atoms with Crippen molar-refractivity contribution < 1.29 is 17.6 Å². The summed E-state index contributed by atoms with van der Waals surface area (Å²) in [6.45, 7) is 0. The van der Waals surface area contributed by atoms with Crippen LogP contribution in [0.25, 0.3) is 11.3 Å². The summed E-state index contributed by atoms with van der Waals surface area (Å²) in [5, 5.41) is -0.0103. The first-order chi connectivity index (χ1) is 12.8. The van der Waals surface area contributed by atoms with Crippen LogP contribution in [0.1, 0.15) is 17.0 Å². The molecular weight excluding hydrogens is 479 g/mol. The quantitative estimate of drug-likeness (QED) is 0.336. The van der Waals surface area contributed by atoms with Crippen LogP contribution in [0.3, 0.4) is 0 Å². The Bertz CT molecular complexity index is 1050. The van der Waals surface area contributed by atoms with Gasteiger partial charge >= 0.3 is 6.30 Å². The van der Waals surface area contributed by atoms with E-state index in [1.807, 2.05) is 5.53 Å². The van der Waals surface area contributed by atoms with Gasteiger partial charge in [0.1, 0.15) is 15.2 Å². The van der Waals surface area contributed by atoms with Crippen molar-refractivity contribution in [1.29, 1.82) is 0 Å². The van der Waals surface area contributed by atoms with E-state index in [0.717, 1.165) is 9.90 Å². The summed E-state index contributed by atoms with van der Waals surface area (Å²) in [5.41, 5.74) is 6.27. The van der Waals surface area contributed by atoms with Crippen molar-refractivity contribution in [2.75, 3.05) is 0 Å². The highest BCUT2D eigenvalue weighted by Gasteiger charge is 2.38. The summed E-state index contributed by atoms with van der Waals surface area (Å²) in [6.07, 6.45) is -0.373. The first-order valence-electron chi connectivity index (χ1n) is 7.69. The maximum atomic E-state index is 14.0. The minimum atomic E-state index is -4.59. The number of nitrogens with one attached hydrogen (secondary N) is 2. The van der Waals surface area contributed by atoms with Crippen LogP contribution in [-0.4, -0.2) is 25.7 Å². The number of hydrazine groups is 2. The van der Waals surface area contributed by atoms with Gasteiger partial charge in [-0.15, -0.1) is 18.7 Å². The zero-order chi connectivity index (χ0) is 19.2. The lowest BCUT2D eigenvalue weighted by Crippen LogP contribution is -2.45. The van der Waals surface area contributed by atoms with Crippen molar-refractivity contribution in [3.05, 3.63) is 69.3 Å². The second kappa shape index (κ2) is 6.64. The smallest absolute Gasteiger partial charge is 0.300 e. The molecule has 0 atom stereocenters. The van der Waals surface area contributed by atoms with Gasteiger partial charge in [-0.1, -0.05) is 18.2 Å². The summed E-state index contributed by atoms with van der Waals surface area (Å²) in [6, 6.07) is 6.27. The molecule has 0 spiro atoms. The fourth-order valence-corrected chi connectivity index (χ4v) is 3.18. The average molecular weight is 490 g/mol. The van der Waals surface area contributed by atoms with E-state index in [1.165, 1.54) is 6.07 Å². The molecule has 0 fully saturated rings. The molecule has 0 amide bonds. The zero-order valence-electron chi connectivity index (χ0n) is 13.4. The molecule has 0 bridgehead atoms. The second-order valence-corrected chi connectivity index (χ2v) is 6.84. The van der Waals surface area contributed by atoms with E-state index < -0.39 is 6.30 Å². The van der Waals surface area contributed by atoms with Crippen LogP contribution in [0.15, 0.2) is 42.9 Å². The van der Waals surface area contributed by atoms with E-state index in [0.29, 0.717) is 16.9 Å². The Hall–Kier alpha value is -2.41. The highest BCUT2D eigenvalue weighted by molar-refractivity contribution is 14.1. The summed E-state index contributed by atoms with van der Waals surface area (Å²) < 4.78 is 55.0. The number of hydrogen-bond acceptors (Lipinski definition) is 5. The van der Waals surface area contributed by atoms with E-state index in [2.05, 4.69) is 38.0 Å². The molecule has 3 aromatic rings. The number of alkyl halides is 3. The predicted molar refractivity (Wildman–Crippen MR) is 97.1 cm³/mol. The SMILES string of the molecule is Fc1ccccc1Cc1nc(C2=CN(C(F)(F)F)NN2)cn2c(I)cnc12.